The highest BCUT2D eigenvalue weighted by molar-refractivity contribution is 5.31. The monoisotopic (exact) mass is 191 g/mol. The predicted molar refractivity (Wildman–Crippen MR) is 55.0 cm³/mol. The minimum absolute atomic E-state index is 0.664. The highest BCUT2D eigenvalue weighted by Gasteiger charge is 2.29. The fourth-order valence-electron chi connectivity index (χ4n) is 2.43. The van der Waals surface area contributed by atoms with Crippen molar-refractivity contribution in [2.75, 3.05) is 6.54 Å². The topological polar surface area (TPSA) is 54.7 Å². The first-order valence-electron chi connectivity index (χ1n) is 5.62. The van der Waals surface area contributed by atoms with Crippen LogP contribution < -0.4 is 5.73 Å². The Hall–Kier alpha value is -0.830. The van der Waals surface area contributed by atoms with Crippen LogP contribution in [0.3, 0.4) is 0 Å². The third-order valence-electron chi connectivity index (χ3n) is 3.54. The lowest BCUT2D eigenvalue weighted by molar-refractivity contribution is 0.563. The van der Waals surface area contributed by atoms with E-state index < -0.39 is 0 Å². The Morgan fingerprint density at radius 1 is 1.29 bits per heavy atom. The molecule has 0 aliphatic heterocycles. The van der Waals surface area contributed by atoms with Gasteiger partial charge in [0.15, 0.2) is 0 Å². The number of aromatic nitrogens is 2. The van der Waals surface area contributed by atoms with Gasteiger partial charge in [0.25, 0.3) is 0 Å². The summed E-state index contributed by atoms with van der Waals surface area (Å²) >= 11 is 0. The highest BCUT2D eigenvalue weighted by atomic mass is 15.1. The van der Waals surface area contributed by atoms with E-state index in [1.807, 2.05) is 0 Å². The minimum atomic E-state index is 0.664. The van der Waals surface area contributed by atoms with Gasteiger partial charge in [-0.25, -0.2) is 0 Å². The van der Waals surface area contributed by atoms with Gasteiger partial charge < -0.3 is 5.73 Å². The lowest BCUT2D eigenvalue weighted by Crippen LogP contribution is -2.14. The lowest BCUT2D eigenvalue weighted by atomic mass is 10.1. The van der Waals surface area contributed by atoms with Gasteiger partial charge in [-0.15, -0.1) is 0 Å². The van der Waals surface area contributed by atoms with Crippen molar-refractivity contribution in [1.29, 1.82) is 0 Å². The Balaban J connectivity index is 1.79. The molecule has 2 aliphatic carbocycles. The van der Waals surface area contributed by atoms with Gasteiger partial charge in [0.05, 0.1) is 5.69 Å². The molecular formula is C11H17N3. The molecule has 0 amide bonds. The van der Waals surface area contributed by atoms with Crippen molar-refractivity contribution in [3.05, 3.63) is 17.0 Å². The van der Waals surface area contributed by atoms with E-state index in [2.05, 4.69) is 10.2 Å². The van der Waals surface area contributed by atoms with E-state index in [0.717, 1.165) is 25.3 Å². The Labute approximate surface area is 84.1 Å². The summed E-state index contributed by atoms with van der Waals surface area (Å²) in [4.78, 5) is 0. The number of H-pyrrole nitrogens is 1. The van der Waals surface area contributed by atoms with Gasteiger partial charge in [-0.3, -0.25) is 5.10 Å². The van der Waals surface area contributed by atoms with Crippen LogP contribution in [0.15, 0.2) is 0 Å². The maximum absolute atomic E-state index is 5.70. The van der Waals surface area contributed by atoms with Crippen LogP contribution in [-0.2, 0) is 19.3 Å². The van der Waals surface area contributed by atoms with Gasteiger partial charge in [0, 0.05) is 5.69 Å². The molecule has 3 rings (SSSR count). The number of fused-ring (bicyclic) bond motifs is 1. The van der Waals surface area contributed by atoms with E-state index in [1.165, 1.54) is 36.2 Å². The summed E-state index contributed by atoms with van der Waals surface area (Å²) in [5.41, 5.74) is 9.88. The first-order valence-corrected chi connectivity index (χ1v) is 5.62. The summed E-state index contributed by atoms with van der Waals surface area (Å²) in [5, 5.41) is 7.60. The highest BCUT2D eigenvalue weighted by Crippen LogP contribution is 2.35. The molecule has 0 spiro atoms. The van der Waals surface area contributed by atoms with Crippen LogP contribution in [0.2, 0.25) is 0 Å². The number of rotatable bonds is 3. The largest absolute Gasteiger partial charge is 0.330 e. The molecule has 0 saturated heterocycles. The summed E-state index contributed by atoms with van der Waals surface area (Å²) in [5.74, 6) is 1.59. The molecule has 2 aliphatic rings. The molecule has 0 bridgehead atoms. The van der Waals surface area contributed by atoms with Crippen LogP contribution in [-0.4, -0.2) is 16.7 Å². The molecule has 1 saturated carbocycles. The lowest BCUT2D eigenvalue weighted by Gasteiger charge is -2.03. The molecule has 3 nitrogen and oxygen atoms in total. The van der Waals surface area contributed by atoms with E-state index in [0.29, 0.717) is 5.92 Å². The van der Waals surface area contributed by atoms with E-state index >= 15 is 0 Å². The van der Waals surface area contributed by atoms with Crippen LogP contribution in [0.1, 0.15) is 29.8 Å². The molecule has 3 N–H and O–H groups in total. The van der Waals surface area contributed by atoms with Gasteiger partial charge in [-0.2, -0.15) is 5.10 Å². The zero-order chi connectivity index (χ0) is 9.54. The molecule has 1 aromatic heterocycles. The minimum Gasteiger partial charge on any atom is -0.330 e. The maximum Gasteiger partial charge on any atom is 0.0659 e. The van der Waals surface area contributed by atoms with Crippen molar-refractivity contribution in [2.24, 2.45) is 17.6 Å². The van der Waals surface area contributed by atoms with Crippen molar-refractivity contribution in [3.8, 4) is 0 Å². The third-order valence-corrected chi connectivity index (χ3v) is 3.54. The van der Waals surface area contributed by atoms with E-state index in [1.54, 1.807) is 0 Å². The fraction of sp³-hybridized carbons (Fsp3) is 0.727. The quantitative estimate of drug-likeness (QED) is 0.750. The average molecular weight is 191 g/mol. The molecule has 1 aromatic rings. The second-order valence-electron chi connectivity index (χ2n) is 4.78. The van der Waals surface area contributed by atoms with E-state index in [-0.39, 0.29) is 0 Å². The average Bonchev–Trinajstić information content (AvgIpc) is 2.77. The second kappa shape index (κ2) is 3.09. The number of hydrogen-bond donors (Lipinski definition) is 2. The molecular weight excluding hydrogens is 174 g/mol. The SMILES string of the molecule is NCC1Cc2[nH]nc(CC3CC3)c2C1. The van der Waals surface area contributed by atoms with Crippen molar-refractivity contribution in [1.82, 2.24) is 10.2 Å². The Bertz CT molecular complexity index is 338. The first kappa shape index (κ1) is 8.48. The second-order valence-corrected chi connectivity index (χ2v) is 4.78. The summed E-state index contributed by atoms with van der Waals surface area (Å²) in [6, 6.07) is 0. The van der Waals surface area contributed by atoms with Gasteiger partial charge in [-0.05, 0) is 56.0 Å². The normalized spacial score (nSPS) is 25.4. The van der Waals surface area contributed by atoms with Crippen molar-refractivity contribution in [2.45, 2.75) is 32.1 Å². The first-order chi connectivity index (χ1) is 6.86. The molecule has 14 heavy (non-hydrogen) atoms. The zero-order valence-corrected chi connectivity index (χ0v) is 8.42. The van der Waals surface area contributed by atoms with Crippen LogP contribution >= 0.6 is 0 Å². The molecule has 3 heteroatoms. The van der Waals surface area contributed by atoms with Crippen LogP contribution in [0.25, 0.3) is 0 Å². The van der Waals surface area contributed by atoms with Gasteiger partial charge in [0.1, 0.15) is 0 Å². The third kappa shape index (κ3) is 1.36. The number of nitrogens with zero attached hydrogens (tertiary/aromatic N) is 1. The Kier molecular flexibility index (Phi) is 1.87. The van der Waals surface area contributed by atoms with E-state index in [4.69, 9.17) is 5.73 Å². The van der Waals surface area contributed by atoms with E-state index in [9.17, 15) is 0 Å². The van der Waals surface area contributed by atoms with Crippen LogP contribution in [0, 0.1) is 11.8 Å². The van der Waals surface area contributed by atoms with Crippen LogP contribution in [0.5, 0.6) is 0 Å². The molecule has 76 valence electrons. The molecule has 1 atom stereocenters. The van der Waals surface area contributed by atoms with Crippen LogP contribution in [0.4, 0.5) is 0 Å². The number of aromatic amines is 1. The molecule has 0 aromatic carbocycles. The molecule has 0 radical (unpaired) electrons. The zero-order valence-electron chi connectivity index (χ0n) is 8.42. The summed E-state index contributed by atoms with van der Waals surface area (Å²) < 4.78 is 0. The Morgan fingerprint density at radius 3 is 2.86 bits per heavy atom. The molecule has 1 fully saturated rings. The number of hydrogen-bond acceptors (Lipinski definition) is 2. The van der Waals surface area contributed by atoms with Crippen molar-refractivity contribution < 1.29 is 0 Å². The van der Waals surface area contributed by atoms with Gasteiger partial charge in [-0.1, -0.05) is 0 Å². The number of nitrogens with one attached hydrogen (secondary N) is 1. The summed E-state index contributed by atoms with van der Waals surface area (Å²) in [6.07, 6.45) is 6.28. The summed E-state index contributed by atoms with van der Waals surface area (Å²) in [7, 11) is 0. The summed E-state index contributed by atoms with van der Waals surface area (Å²) in [6.45, 7) is 0.811. The smallest absolute Gasteiger partial charge is 0.0659 e. The standard InChI is InChI=1S/C11H17N3/c12-6-8-3-9-10(4-7-1-2-7)13-14-11(9)5-8/h7-8H,1-6,12H2,(H,13,14). The van der Waals surface area contributed by atoms with Crippen molar-refractivity contribution >= 4 is 0 Å². The number of nitrogens with two attached hydrogens (primary N) is 1. The fourth-order valence-corrected chi connectivity index (χ4v) is 2.43. The van der Waals surface area contributed by atoms with Crippen molar-refractivity contribution in [3.63, 3.8) is 0 Å². The molecule has 1 heterocycles. The Morgan fingerprint density at radius 2 is 2.14 bits per heavy atom. The predicted octanol–water partition coefficient (Wildman–Crippen LogP) is 1.04. The molecule has 1 unspecified atom stereocenters. The van der Waals surface area contributed by atoms with Gasteiger partial charge >= 0.3 is 0 Å². The van der Waals surface area contributed by atoms with Gasteiger partial charge in [0.2, 0.25) is 0 Å². The maximum atomic E-state index is 5.70.